The number of hydrogen-bond acceptors (Lipinski definition) is 3. The van der Waals surface area contributed by atoms with Crippen molar-refractivity contribution < 1.29 is 4.74 Å². The first-order valence-electron chi connectivity index (χ1n) is 7.38. The molecule has 1 aromatic rings. The number of nitrogens with zero attached hydrogens (tertiary/aromatic N) is 1. The van der Waals surface area contributed by atoms with Crippen LogP contribution < -0.4 is 10.5 Å². The van der Waals surface area contributed by atoms with Gasteiger partial charge in [0, 0.05) is 19.1 Å². The van der Waals surface area contributed by atoms with Crippen molar-refractivity contribution in [1.82, 2.24) is 4.90 Å². The van der Waals surface area contributed by atoms with Crippen molar-refractivity contribution in [2.24, 2.45) is 11.7 Å². The van der Waals surface area contributed by atoms with E-state index in [-0.39, 0.29) is 0 Å². The van der Waals surface area contributed by atoms with Crippen molar-refractivity contribution in [3.8, 4) is 5.75 Å². The van der Waals surface area contributed by atoms with Crippen LogP contribution in [-0.2, 0) is 6.54 Å². The fourth-order valence-electron chi connectivity index (χ4n) is 2.89. The Hall–Kier alpha value is -1.06. The van der Waals surface area contributed by atoms with E-state index < -0.39 is 0 Å². The van der Waals surface area contributed by atoms with E-state index in [1.807, 2.05) is 13.0 Å². The maximum Gasteiger partial charge on any atom is 0.119 e. The zero-order chi connectivity index (χ0) is 13.7. The molecular formula is C16H26N2O. The third-order valence-corrected chi connectivity index (χ3v) is 3.97. The normalized spacial score (nSPS) is 24.4. The van der Waals surface area contributed by atoms with E-state index in [0.717, 1.165) is 37.9 Å². The molecule has 2 unspecified atom stereocenters. The maximum atomic E-state index is 5.92. The highest BCUT2D eigenvalue weighted by Crippen LogP contribution is 2.24. The number of rotatable bonds is 5. The van der Waals surface area contributed by atoms with E-state index in [9.17, 15) is 0 Å². The van der Waals surface area contributed by atoms with E-state index >= 15 is 0 Å². The SMILES string of the molecule is CCOc1cccc(CN2CCC(C)CC2CN)c1. The van der Waals surface area contributed by atoms with Crippen LogP contribution in [0, 0.1) is 5.92 Å². The standard InChI is InChI=1S/C16H26N2O/c1-3-19-16-6-4-5-14(10-16)12-18-8-7-13(2)9-15(18)11-17/h4-6,10,13,15H,3,7-9,11-12,17H2,1-2H3. The maximum absolute atomic E-state index is 5.92. The molecule has 106 valence electrons. The van der Waals surface area contributed by atoms with Gasteiger partial charge in [-0.05, 0) is 49.9 Å². The second-order valence-corrected chi connectivity index (χ2v) is 5.57. The number of ether oxygens (including phenoxy) is 1. The van der Waals surface area contributed by atoms with Crippen molar-refractivity contribution in [3.05, 3.63) is 29.8 Å². The zero-order valence-corrected chi connectivity index (χ0v) is 12.1. The smallest absolute Gasteiger partial charge is 0.119 e. The molecule has 0 radical (unpaired) electrons. The molecule has 1 aliphatic rings. The minimum absolute atomic E-state index is 0.527. The van der Waals surface area contributed by atoms with Gasteiger partial charge in [-0.15, -0.1) is 0 Å². The van der Waals surface area contributed by atoms with E-state index in [2.05, 4.69) is 30.0 Å². The van der Waals surface area contributed by atoms with Gasteiger partial charge in [-0.3, -0.25) is 4.90 Å². The molecule has 1 aliphatic heterocycles. The summed E-state index contributed by atoms with van der Waals surface area (Å²) in [6, 6.07) is 8.94. The van der Waals surface area contributed by atoms with E-state index in [4.69, 9.17) is 10.5 Å². The fraction of sp³-hybridized carbons (Fsp3) is 0.625. The number of benzene rings is 1. The molecule has 19 heavy (non-hydrogen) atoms. The fourth-order valence-corrected chi connectivity index (χ4v) is 2.89. The molecule has 2 rings (SSSR count). The van der Waals surface area contributed by atoms with Crippen LogP contribution in [0.5, 0.6) is 5.75 Å². The molecule has 0 aliphatic carbocycles. The Morgan fingerprint density at radius 3 is 3.00 bits per heavy atom. The molecule has 1 fully saturated rings. The number of nitrogens with two attached hydrogens (primary N) is 1. The van der Waals surface area contributed by atoms with Gasteiger partial charge in [0.15, 0.2) is 0 Å². The lowest BCUT2D eigenvalue weighted by Gasteiger charge is -2.38. The van der Waals surface area contributed by atoms with Gasteiger partial charge in [-0.2, -0.15) is 0 Å². The van der Waals surface area contributed by atoms with E-state index in [1.54, 1.807) is 0 Å². The molecule has 0 bridgehead atoms. The Morgan fingerprint density at radius 2 is 2.26 bits per heavy atom. The number of piperidine rings is 1. The van der Waals surface area contributed by atoms with Gasteiger partial charge in [-0.25, -0.2) is 0 Å². The molecule has 0 aromatic heterocycles. The number of hydrogen-bond donors (Lipinski definition) is 1. The number of likely N-dealkylation sites (tertiary alicyclic amines) is 1. The molecule has 0 saturated carbocycles. The second kappa shape index (κ2) is 6.92. The first-order chi connectivity index (χ1) is 9.22. The van der Waals surface area contributed by atoms with Gasteiger partial charge >= 0.3 is 0 Å². The van der Waals surface area contributed by atoms with E-state index in [1.165, 1.54) is 18.4 Å². The van der Waals surface area contributed by atoms with Crippen LogP contribution in [-0.4, -0.2) is 30.6 Å². The summed E-state index contributed by atoms with van der Waals surface area (Å²) < 4.78 is 5.56. The van der Waals surface area contributed by atoms with Crippen LogP contribution in [0.2, 0.25) is 0 Å². The van der Waals surface area contributed by atoms with Gasteiger partial charge in [0.05, 0.1) is 6.61 Å². The van der Waals surface area contributed by atoms with Crippen LogP contribution in [0.25, 0.3) is 0 Å². The predicted molar refractivity (Wildman–Crippen MR) is 79.3 cm³/mol. The Kier molecular flexibility index (Phi) is 5.23. The third kappa shape index (κ3) is 3.95. The molecule has 1 saturated heterocycles. The molecule has 0 spiro atoms. The molecule has 3 heteroatoms. The zero-order valence-electron chi connectivity index (χ0n) is 12.1. The largest absolute Gasteiger partial charge is 0.494 e. The summed E-state index contributed by atoms with van der Waals surface area (Å²) in [5.41, 5.74) is 7.24. The highest BCUT2D eigenvalue weighted by atomic mass is 16.5. The molecule has 1 aromatic carbocycles. The van der Waals surface area contributed by atoms with Gasteiger partial charge in [0.2, 0.25) is 0 Å². The topological polar surface area (TPSA) is 38.5 Å². The van der Waals surface area contributed by atoms with Crippen LogP contribution >= 0.6 is 0 Å². The summed E-state index contributed by atoms with van der Waals surface area (Å²) in [5.74, 6) is 1.77. The van der Waals surface area contributed by atoms with Gasteiger partial charge in [0.1, 0.15) is 5.75 Å². The highest BCUT2D eigenvalue weighted by molar-refractivity contribution is 5.28. The lowest BCUT2D eigenvalue weighted by atomic mass is 9.92. The Morgan fingerprint density at radius 1 is 1.42 bits per heavy atom. The van der Waals surface area contributed by atoms with E-state index in [0.29, 0.717) is 6.04 Å². The Balaban J connectivity index is 2.01. The summed E-state index contributed by atoms with van der Waals surface area (Å²) in [5, 5.41) is 0. The minimum atomic E-state index is 0.527. The Bertz CT molecular complexity index is 394. The lowest BCUT2D eigenvalue weighted by Crippen LogP contribution is -2.45. The van der Waals surface area contributed by atoms with Gasteiger partial charge in [-0.1, -0.05) is 19.1 Å². The second-order valence-electron chi connectivity index (χ2n) is 5.57. The first kappa shape index (κ1) is 14.4. The quantitative estimate of drug-likeness (QED) is 0.886. The van der Waals surface area contributed by atoms with Gasteiger partial charge < -0.3 is 10.5 Å². The van der Waals surface area contributed by atoms with Crippen LogP contribution in [0.1, 0.15) is 32.3 Å². The molecular weight excluding hydrogens is 236 g/mol. The average Bonchev–Trinajstić information content (AvgIpc) is 2.41. The summed E-state index contributed by atoms with van der Waals surface area (Å²) in [6.45, 7) is 7.96. The van der Waals surface area contributed by atoms with Crippen molar-refractivity contribution in [2.45, 2.75) is 39.3 Å². The molecule has 2 atom stereocenters. The molecule has 3 nitrogen and oxygen atoms in total. The van der Waals surface area contributed by atoms with Crippen molar-refractivity contribution in [1.29, 1.82) is 0 Å². The Labute approximate surface area is 116 Å². The summed E-state index contributed by atoms with van der Waals surface area (Å²) in [7, 11) is 0. The highest BCUT2D eigenvalue weighted by Gasteiger charge is 2.25. The first-order valence-corrected chi connectivity index (χ1v) is 7.38. The van der Waals surface area contributed by atoms with Gasteiger partial charge in [0.25, 0.3) is 0 Å². The lowest BCUT2D eigenvalue weighted by molar-refractivity contribution is 0.115. The molecule has 0 amide bonds. The average molecular weight is 262 g/mol. The predicted octanol–water partition coefficient (Wildman–Crippen LogP) is 2.64. The summed E-state index contributed by atoms with van der Waals surface area (Å²) in [4.78, 5) is 2.52. The van der Waals surface area contributed by atoms with Crippen LogP contribution in [0.15, 0.2) is 24.3 Å². The van der Waals surface area contributed by atoms with Crippen LogP contribution in [0.3, 0.4) is 0 Å². The minimum Gasteiger partial charge on any atom is -0.494 e. The monoisotopic (exact) mass is 262 g/mol. The summed E-state index contributed by atoms with van der Waals surface area (Å²) in [6.07, 6.45) is 2.50. The molecule has 2 N–H and O–H groups in total. The summed E-state index contributed by atoms with van der Waals surface area (Å²) >= 11 is 0. The molecule has 1 heterocycles. The van der Waals surface area contributed by atoms with Crippen LogP contribution in [0.4, 0.5) is 0 Å². The van der Waals surface area contributed by atoms with Crippen molar-refractivity contribution in [2.75, 3.05) is 19.7 Å². The van der Waals surface area contributed by atoms with Crippen molar-refractivity contribution >= 4 is 0 Å². The third-order valence-electron chi connectivity index (χ3n) is 3.97. The van der Waals surface area contributed by atoms with Crippen molar-refractivity contribution in [3.63, 3.8) is 0 Å².